The first-order valence-corrected chi connectivity index (χ1v) is 11.1. The zero-order valence-electron chi connectivity index (χ0n) is 14.3. The standard InChI is InChI=1S/C17H19FN2O5S2/c18-12-6-4-11(5-7-12)8-20-13-9-27(24,25)10-14(13)26-17(20)19-15(21)2-1-3-16(22)23/h4-7,13-14H,1-3,8-10H2,(H,22,23)/p-1/t13-,14-/m0/s1. The number of nitrogens with zero attached hydrogens (tertiary/aromatic N) is 2. The van der Waals surface area contributed by atoms with Crippen LogP contribution in [-0.2, 0) is 26.0 Å². The molecule has 0 radical (unpaired) electrons. The molecule has 1 aromatic carbocycles. The van der Waals surface area contributed by atoms with Gasteiger partial charge in [-0.2, -0.15) is 4.99 Å². The highest BCUT2D eigenvalue weighted by Crippen LogP contribution is 2.39. The lowest BCUT2D eigenvalue weighted by Crippen LogP contribution is -2.37. The molecule has 0 saturated carbocycles. The second kappa shape index (κ2) is 7.97. The van der Waals surface area contributed by atoms with Crippen molar-refractivity contribution in [1.82, 2.24) is 4.90 Å². The number of carbonyl (C=O) groups excluding carboxylic acids is 2. The first kappa shape index (κ1) is 19.8. The van der Waals surface area contributed by atoms with E-state index in [1.807, 2.05) is 0 Å². The normalized spacial score (nSPS) is 24.9. The Morgan fingerprint density at radius 1 is 1.22 bits per heavy atom. The smallest absolute Gasteiger partial charge is 0.248 e. The van der Waals surface area contributed by atoms with Gasteiger partial charge in [-0.3, -0.25) is 4.79 Å². The van der Waals surface area contributed by atoms with Gasteiger partial charge < -0.3 is 14.8 Å². The number of halogens is 1. The number of sulfone groups is 1. The summed E-state index contributed by atoms with van der Waals surface area (Å²) >= 11 is 1.26. The lowest BCUT2D eigenvalue weighted by atomic mass is 10.1. The number of amides is 1. The number of fused-ring (bicyclic) bond motifs is 1. The molecule has 2 aliphatic rings. The molecule has 2 atom stereocenters. The van der Waals surface area contributed by atoms with Crippen molar-refractivity contribution in [3.63, 3.8) is 0 Å². The highest BCUT2D eigenvalue weighted by molar-refractivity contribution is 8.15. The number of aliphatic carboxylic acids is 1. The van der Waals surface area contributed by atoms with E-state index < -0.39 is 21.7 Å². The Morgan fingerprint density at radius 2 is 1.93 bits per heavy atom. The molecule has 2 fully saturated rings. The molecule has 2 heterocycles. The van der Waals surface area contributed by atoms with Crippen molar-refractivity contribution in [2.75, 3.05) is 11.5 Å². The van der Waals surface area contributed by atoms with Gasteiger partial charge in [0.15, 0.2) is 15.0 Å². The molecule has 0 aromatic heterocycles. The predicted molar refractivity (Wildman–Crippen MR) is 97.1 cm³/mol. The van der Waals surface area contributed by atoms with Crippen LogP contribution in [-0.4, -0.2) is 53.2 Å². The monoisotopic (exact) mass is 413 g/mol. The Kier molecular flexibility index (Phi) is 5.85. The van der Waals surface area contributed by atoms with E-state index in [1.165, 1.54) is 23.9 Å². The third kappa shape index (κ3) is 5.07. The van der Waals surface area contributed by atoms with Crippen LogP contribution >= 0.6 is 11.8 Å². The number of aliphatic imine (C=N–C) groups is 1. The average Bonchev–Trinajstić information content (AvgIpc) is 3.02. The van der Waals surface area contributed by atoms with Crippen LogP contribution in [0.15, 0.2) is 29.3 Å². The van der Waals surface area contributed by atoms with Crippen molar-refractivity contribution < 1.29 is 27.5 Å². The van der Waals surface area contributed by atoms with Crippen molar-refractivity contribution in [2.24, 2.45) is 4.99 Å². The lowest BCUT2D eigenvalue weighted by molar-refractivity contribution is -0.305. The first-order chi connectivity index (χ1) is 12.7. The van der Waals surface area contributed by atoms with E-state index in [2.05, 4.69) is 4.99 Å². The fourth-order valence-electron chi connectivity index (χ4n) is 3.15. The van der Waals surface area contributed by atoms with Gasteiger partial charge in [0.05, 0.1) is 17.5 Å². The van der Waals surface area contributed by atoms with E-state index in [-0.39, 0.29) is 47.9 Å². The Bertz CT molecular complexity index is 870. The van der Waals surface area contributed by atoms with Crippen LogP contribution in [0, 0.1) is 5.82 Å². The Balaban J connectivity index is 1.77. The minimum Gasteiger partial charge on any atom is -0.550 e. The number of amidine groups is 1. The molecular weight excluding hydrogens is 395 g/mol. The minimum absolute atomic E-state index is 0.0102. The third-order valence-corrected chi connectivity index (χ3v) is 7.68. The van der Waals surface area contributed by atoms with Gasteiger partial charge in [0.25, 0.3) is 0 Å². The molecule has 3 rings (SSSR count). The average molecular weight is 413 g/mol. The second-order valence-corrected chi connectivity index (χ2v) is 9.93. The summed E-state index contributed by atoms with van der Waals surface area (Å²) in [5.74, 6) is -2.02. The largest absolute Gasteiger partial charge is 0.550 e. The number of thioether (sulfide) groups is 1. The van der Waals surface area contributed by atoms with Crippen LogP contribution in [0.5, 0.6) is 0 Å². The van der Waals surface area contributed by atoms with Crippen LogP contribution in [0.25, 0.3) is 0 Å². The summed E-state index contributed by atoms with van der Waals surface area (Å²) in [7, 11) is -3.15. The van der Waals surface area contributed by atoms with E-state index in [0.29, 0.717) is 11.7 Å². The topological polar surface area (TPSA) is 107 Å². The summed E-state index contributed by atoms with van der Waals surface area (Å²) in [6.07, 6.45) is -0.0929. The molecule has 0 N–H and O–H groups in total. The minimum atomic E-state index is -3.15. The summed E-state index contributed by atoms with van der Waals surface area (Å²) in [5, 5.41) is 10.7. The fraction of sp³-hybridized carbons (Fsp3) is 0.471. The zero-order chi connectivity index (χ0) is 19.6. The number of rotatable bonds is 6. The van der Waals surface area contributed by atoms with Gasteiger partial charge in [-0.1, -0.05) is 23.9 Å². The molecule has 0 bridgehead atoms. The lowest BCUT2D eigenvalue weighted by Gasteiger charge is -2.24. The fourth-order valence-corrected chi connectivity index (χ4v) is 7.12. The maximum Gasteiger partial charge on any atom is 0.248 e. The van der Waals surface area contributed by atoms with Crippen LogP contribution < -0.4 is 5.11 Å². The number of hydrogen-bond donors (Lipinski definition) is 0. The predicted octanol–water partition coefficient (Wildman–Crippen LogP) is 0.343. The molecule has 1 aromatic rings. The molecule has 27 heavy (non-hydrogen) atoms. The summed E-state index contributed by atoms with van der Waals surface area (Å²) in [4.78, 5) is 28.4. The summed E-state index contributed by atoms with van der Waals surface area (Å²) < 4.78 is 37.1. The molecule has 1 amide bonds. The van der Waals surface area contributed by atoms with E-state index in [1.54, 1.807) is 17.0 Å². The first-order valence-electron chi connectivity index (χ1n) is 8.43. The maximum absolute atomic E-state index is 13.1. The van der Waals surface area contributed by atoms with E-state index in [0.717, 1.165) is 5.56 Å². The molecule has 0 aliphatic carbocycles. The molecule has 2 saturated heterocycles. The van der Waals surface area contributed by atoms with Crippen molar-refractivity contribution in [2.45, 2.75) is 37.1 Å². The quantitative estimate of drug-likeness (QED) is 0.662. The summed E-state index contributed by atoms with van der Waals surface area (Å²) in [6.45, 7) is 0.315. The number of carboxylic acids is 1. The van der Waals surface area contributed by atoms with Crippen molar-refractivity contribution in [3.8, 4) is 0 Å². The molecule has 7 nitrogen and oxygen atoms in total. The Labute approximate surface area is 160 Å². The Hall–Kier alpha value is -1.94. The van der Waals surface area contributed by atoms with Gasteiger partial charge in [-0.25, -0.2) is 12.8 Å². The van der Waals surface area contributed by atoms with Gasteiger partial charge >= 0.3 is 0 Å². The summed E-state index contributed by atoms with van der Waals surface area (Å²) in [6, 6.07) is 5.57. The molecule has 0 unspecified atom stereocenters. The van der Waals surface area contributed by atoms with E-state index >= 15 is 0 Å². The van der Waals surface area contributed by atoms with Crippen molar-refractivity contribution in [1.29, 1.82) is 0 Å². The SMILES string of the molecule is O=C([O-])CCCC(=O)N=C1S[C@H]2CS(=O)(=O)C[C@@H]2N1Cc1ccc(F)cc1. The van der Waals surface area contributed by atoms with Gasteiger partial charge in [0.2, 0.25) is 5.91 Å². The number of benzene rings is 1. The highest BCUT2D eigenvalue weighted by Gasteiger charge is 2.48. The summed E-state index contributed by atoms with van der Waals surface area (Å²) in [5.41, 5.74) is 0.777. The highest BCUT2D eigenvalue weighted by atomic mass is 32.2. The van der Waals surface area contributed by atoms with Crippen LogP contribution in [0.1, 0.15) is 24.8 Å². The number of hydrogen-bond acceptors (Lipinski definition) is 6. The molecule has 0 spiro atoms. The van der Waals surface area contributed by atoms with E-state index in [9.17, 15) is 27.5 Å². The van der Waals surface area contributed by atoms with Crippen LogP contribution in [0.4, 0.5) is 4.39 Å². The van der Waals surface area contributed by atoms with Crippen LogP contribution in [0.2, 0.25) is 0 Å². The van der Waals surface area contributed by atoms with Gasteiger partial charge in [-0.15, -0.1) is 0 Å². The number of carbonyl (C=O) groups is 2. The molecule has 146 valence electrons. The Morgan fingerprint density at radius 3 is 2.59 bits per heavy atom. The molecule has 2 aliphatic heterocycles. The second-order valence-electron chi connectivity index (χ2n) is 6.57. The van der Waals surface area contributed by atoms with Gasteiger partial charge in [0, 0.05) is 24.2 Å². The third-order valence-electron chi connectivity index (χ3n) is 4.43. The zero-order valence-corrected chi connectivity index (χ0v) is 16.0. The molecular formula is C17H18FN2O5S2-. The van der Waals surface area contributed by atoms with Gasteiger partial charge in [-0.05, 0) is 30.5 Å². The van der Waals surface area contributed by atoms with Crippen molar-refractivity contribution in [3.05, 3.63) is 35.6 Å². The molecule has 10 heteroatoms. The number of carboxylic acid groups (broad SMARTS) is 1. The maximum atomic E-state index is 13.1. The van der Waals surface area contributed by atoms with E-state index in [4.69, 9.17) is 0 Å². The van der Waals surface area contributed by atoms with Crippen LogP contribution in [0.3, 0.4) is 0 Å². The van der Waals surface area contributed by atoms with Gasteiger partial charge in [0.1, 0.15) is 5.82 Å². The van der Waals surface area contributed by atoms with Crippen molar-refractivity contribution >= 4 is 38.6 Å².